The molecule has 0 aliphatic heterocycles. The summed E-state index contributed by atoms with van der Waals surface area (Å²) in [4.78, 5) is 10.6. The minimum atomic E-state index is -1.24. The smallest absolute Gasteiger partial charge is 0.339 e. The third kappa shape index (κ3) is 1.06. The molecule has 0 bridgehead atoms. The van der Waals surface area contributed by atoms with Crippen molar-refractivity contribution in [2.45, 2.75) is 0 Å². The molecule has 0 aliphatic carbocycles. The van der Waals surface area contributed by atoms with Crippen LogP contribution in [0.15, 0.2) is 22.8 Å². The topological polar surface area (TPSA) is 50.4 Å². The summed E-state index contributed by atoms with van der Waals surface area (Å²) in [5.41, 5.74) is -0.554. The maximum absolute atomic E-state index is 13.0. The maximum atomic E-state index is 13.0. The van der Waals surface area contributed by atoms with Crippen LogP contribution in [-0.2, 0) is 0 Å². The average molecular weight is 198 g/mol. The first-order valence-corrected chi connectivity index (χ1v) is 3.69. The van der Waals surface area contributed by atoms with Crippen LogP contribution < -0.4 is 0 Å². The lowest BCUT2D eigenvalue weighted by atomic mass is 10.2. The second-order valence-corrected chi connectivity index (χ2v) is 2.69. The van der Waals surface area contributed by atoms with E-state index >= 15 is 0 Å². The van der Waals surface area contributed by atoms with Crippen molar-refractivity contribution in [3.63, 3.8) is 0 Å². The standard InChI is InChI=1S/C9H4F2O3/c10-6-2-1-4-5(9(12)13)3-14-8(4)7(6)11/h1-3H,(H,12,13). The van der Waals surface area contributed by atoms with Crippen LogP contribution in [0.25, 0.3) is 11.0 Å². The van der Waals surface area contributed by atoms with Crippen LogP contribution >= 0.6 is 0 Å². The number of furan rings is 1. The van der Waals surface area contributed by atoms with E-state index in [4.69, 9.17) is 5.11 Å². The van der Waals surface area contributed by atoms with Crippen molar-refractivity contribution in [3.8, 4) is 0 Å². The number of carbonyl (C=O) groups is 1. The van der Waals surface area contributed by atoms with Gasteiger partial charge in [-0.25, -0.2) is 9.18 Å². The highest BCUT2D eigenvalue weighted by Crippen LogP contribution is 2.25. The van der Waals surface area contributed by atoms with Gasteiger partial charge in [-0.05, 0) is 12.1 Å². The van der Waals surface area contributed by atoms with E-state index in [1.54, 1.807) is 0 Å². The summed E-state index contributed by atoms with van der Waals surface area (Å²) in [5.74, 6) is -3.48. The Hall–Kier alpha value is -1.91. The molecule has 0 unspecified atom stereocenters. The van der Waals surface area contributed by atoms with Gasteiger partial charge in [-0.2, -0.15) is 4.39 Å². The highest BCUT2D eigenvalue weighted by atomic mass is 19.2. The zero-order valence-corrected chi connectivity index (χ0v) is 6.75. The Labute approximate surface area is 76.6 Å². The molecule has 0 radical (unpaired) electrons. The summed E-state index contributed by atoms with van der Waals surface area (Å²) in [5, 5.41) is 8.71. The second-order valence-electron chi connectivity index (χ2n) is 2.69. The molecule has 0 amide bonds. The maximum Gasteiger partial charge on any atom is 0.339 e. The van der Waals surface area contributed by atoms with Gasteiger partial charge >= 0.3 is 5.97 Å². The third-order valence-corrected chi connectivity index (χ3v) is 1.87. The summed E-state index contributed by atoms with van der Waals surface area (Å²) >= 11 is 0. The Bertz CT molecular complexity index is 516. The van der Waals surface area contributed by atoms with Gasteiger partial charge in [0.05, 0.1) is 0 Å². The van der Waals surface area contributed by atoms with Gasteiger partial charge < -0.3 is 9.52 Å². The number of benzene rings is 1. The van der Waals surface area contributed by atoms with Crippen LogP contribution in [-0.4, -0.2) is 11.1 Å². The Balaban J connectivity index is 2.83. The number of halogens is 2. The molecule has 1 N–H and O–H groups in total. The summed E-state index contributed by atoms with van der Waals surface area (Å²) in [6.07, 6.45) is 0.884. The predicted molar refractivity (Wildman–Crippen MR) is 43.1 cm³/mol. The van der Waals surface area contributed by atoms with E-state index in [1.165, 1.54) is 6.07 Å². The van der Waals surface area contributed by atoms with Crippen molar-refractivity contribution < 1.29 is 23.1 Å². The minimum Gasteiger partial charge on any atom is -0.478 e. The van der Waals surface area contributed by atoms with Crippen molar-refractivity contribution >= 4 is 16.9 Å². The fourth-order valence-electron chi connectivity index (χ4n) is 1.21. The fraction of sp³-hybridized carbons (Fsp3) is 0. The Morgan fingerprint density at radius 3 is 2.71 bits per heavy atom. The van der Waals surface area contributed by atoms with Gasteiger partial charge in [0, 0.05) is 5.39 Å². The molecule has 0 spiro atoms. The molecule has 1 heterocycles. The molecule has 0 saturated heterocycles. The molecular formula is C9H4F2O3. The number of fused-ring (bicyclic) bond motifs is 1. The summed E-state index contributed by atoms with van der Waals surface area (Å²) in [6.45, 7) is 0. The van der Waals surface area contributed by atoms with Gasteiger partial charge in [0.1, 0.15) is 11.8 Å². The van der Waals surface area contributed by atoms with E-state index in [0.29, 0.717) is 0 Å². The SMILES string of the molecule is O=C(O)c1coc2c(F)c(F)ccc12. The van der Waals surface area contributed by atoms with Crippen LogP contribution in [0.5, 0.6) is 0 Å². The van der Waals surface area contributed by atoms with Crippen molar-refractivity contribution in [1.29, 1.82) is 0 Å². The van der Waals surface area contributed by atoms with E-state index in [0.717, 1.165) is 12.3 Å². The molecular weight excluding hydrogens is 194 g/mol. The highest BCUT2D eigenvalue weighted by molar-refractivity contribution is 6.02. The van der Waals surface area contributed by atoms with Crippen LogP contribution in [0.3, 0.4) is 0 Å². The Morgan fingerprint density at radius 2 is 2.07 bits per heavy atom. The van der Waals surface area contributed by atoms with Crippen molar-refractivity contribution in [1.82, 2.24) is 0 Å². The van der Waals surface area contributed by atoms with E-state index in [9.17, 15) is 13.6 Å². The third-order valence-electron chi connectivity index (χ3n) is 1.87. The fourth-order valence-corrected chi connectivity index (χ4v) is 1.21. The van der Waals surface area contributed by atoms with E-state index in [1.807, 2.05) is 0 Å². The van der Waals surface area contributed by atoms with Crippen LogP contribution in [0, 0.1) is 11.6 Å². The summed E-state index contributed by atoms with van der Waals surface area (Å²) in [6, 6.07) is 2.03. The molecule has 72 valence electrons. The lowest BCUT2D eigenvalue weighted by Crippen LogP contribution is -1.94. The van der Waals surface area contributed by atoms with E-state index < -0.39 is 17.6 Å². The largest absolute Gasteiger partial charge is 0.478 e. The van der Waals surface area contributed by atoms with Gasteiger partial charge in [-0.15, -0.1) is 0 Å². The van der Waals surface area contributed by atoms with Gasteiger partial charge in [0.2, 0.25) is 5.82 Å². The zero-order chi connectivity index (χ0) is 10.3. The number of hydrogen-bond donors (Lipinski definition) is 1. The van der Waals surface area contributed by atoms with Crippen molar-refractivity contribution in [2.75, 3.05) is 0 Å². The molecule has 0 fully saturated rings. The summed E-state index contributed by atoms with van der Waals surface area (Å²) in [7, 11) is 0. The normalized spacial score (nSPS) is 10.7. The lowest BCUT2D eigenvalue weighted by molar-refractivity contribution is 0.0698. The first kappa shape index (κ1) is 8.68. The van der Waals surface area contributed by atoms with Crippen LogP contribution in [0.2, 0.25) is 0 Å². The van der Waals surface area contributed by atoms with Gasteiger partial charge in [0.15, 0.2) is 11.4 Å². The molecule has 0 atom stereocenters. The minimum absolute atomic E-state index is 0.0522. The zero-order valence-electron chi connectivity index (χ0n) is 6.75. The van der Waals surface area contributed by atoms with Crippen LogP contribution in [0.1, 0.15) is 10.4 Å². The second kappa shape index (κ2) is 2.80. The first-order chi connectivity index (χ1) is 6.61. The number of rotatable bonds is 1. The molecule has 2 rings (SSSR count). The summed E-state index contributed by atoms with van der Waals surface area (Å²) < 4.78 is 30.3. The lowest BCUT2D eigenvalue weighted by Gasteiger charge is -1.93. The van der Waals surface area contributed by atoms with Gasteiger partial charge in [-0.1, -0.05) is 0 Å². The first-order valence-electron chi connectivity index (χ1n) is 3.69. The number of hydrogen-bond acceptors (Lipinski definition) is 2. The van der Waals surface area contributed by atoms with Crippen LogP contribution in [0.4, 0.5) is 8.78 Å². The van der Waals surface area contributed by atoms with Crippen molar-refractivity contribution in [2.24, 2.45) is 0 Å². The van der Waals surface area contributed by atoms with E-state index in [-0.39, 0.29) is 16.5 Å². The molecule has 1 aromatic carbocycles. The molecule has 0 aliphatic rings. The predicted octanol–water partition coefficient (Wildman–Crippen LogP) is 2.41. The molecule has 5 heteroatoms. The number of carboxylic acids is 1. The Kier molecular flexibility index (Phi) is 1.73. The number of aromatic carboxylic acids is 1. The monoisotopic (exact) mass is 198 g/mol. The highest BCUT2D eigenvalue weighted by Gasteiger charge is 2.17. The molecule has 14 heavy (non-hydrogen) atoms. The molecule has 2 aromatic rings. The molecule has 3 nitrogen and oxygen atoms in total. The Morgan fingerprint density at radius 1 is 1.36 bits per heavy atom. The molecule has 0 saturated carbocycles. The van der Waals surface area contributed by atoms with Gasteiger partial charge in [0.25, 0.3) is 0 Å². The molecule has 1 aromatic heterocycles. The number of carboxylic acid groups (broad SMARTS) is 1. The van der Waals surface area contributed by atoms with Crippen molar-refractivity contribution in [3.05, 3.63) is 35.6 Å². The van der Waals surface area contributed by atoms with E-state index in [2.05, 4.69) is 4.42 Å². The van der Waals surface area contributed by atoms with Gasteiger partial charge in [-0.3, -0.25) is 0 Å². The quantitative estimate of drug-likeness (QED) is 0.765. The average Bonchev–Trinajstić information content (AvgIpc) is 2.55.